The van der Waals surface area contributed by atoms with Crippen molar-refractivity contribution in [3.05, 3.63) is 45.8 Å². The fourth-order valence-electron chi connectivity index (χ4n) is 1.88. The molecule has 2 heterocycles. The van der Waals surface area contributed by atoms with Crippen LogP contribution in [0.5, 0.6) is 11.6 Å². The highest BCUT2D eigenvalue weighted by Crippen LogP contribution is 2.32. The van der Waals surface area contributed by atoms with E-state index in [-0.39, 0.29) is 5.82 Å². The van der Waals surface area contributed by atoms with Gasteiger partial charge in [0.2, 0.25) is 5.88 Å². The Kier molecular flexibility index (Phi) is 3.73. The molecule has 3 rings (SSSR count). The molecule has 0 aliphatic carbocycles. The Morgan fingerprint density at radius 1 is 1.50 bits per heavy atom. The molecule has 0 unspecified atom stereocenters. The van der Waals surface area contributed by atoms with E-state index < -0.39 is 0 Å². The van der Waals surface area contributed by atoms with Gasteiger partial charge < -0.3 is 10.1 Å². The number of hydrogen-bond donors (Lipinski definition) is 1. The van der Waals surface area contributed by atoms with Gasteiger partial charge >= 0.3 is 0 Å². The molecule has 0 atom stereocenters. The summed E-state index contributed by atoms with van der Waals surface area (Å²) < 4.78 is 21.7. The van der Waals surface area contributed by atoms with Gasteiger partial charge in [-0.15, -0.1) is 11.3 Å². The predicted octanol–water partition coefficient (Wildman–Crippen LogP) is 3.81. The smallest absolute Gasteiger partial charge is 0.243 e. The number of imidazole rings is 1. The van der Waals surface area contributed by atoms with Gasteiger partial charge in [0.15, 0.2) is 4.96 Å². The molecular weight excluding hydrogens is 345 g/mol. The quantitative estimate of drug-likeness (QED) is 0.773. The third kappa shape index (κ3) is 2.44. The highest BCUT2D eigenvalue weighted by Gasteiger charge is 2.16. The molecule has 1 aromatic carbocycles. The largest absolute Gasteiger partial charge is 0.436 e. The lowest BCUT2D eigenvalue weighted by Gasteiger charge is -2.07. The van der Waals surface area contributed by atoms with E-state index in [1.807, 2.05) is 23.0 Å². The standard InChI is InChI=1S/C13H11BrFN3OS/c1-16-7-10-12(17-13-18(10)4-5-20-13)19-11-6-8(15)2-3-9(11)14/h2-6,16H,7H2,1H3. The van der Waals surface area contributed by atoms with Gasteiger partial charge in [0.25, 0.3) is 0 Å². The first-order valence-electron chi connectivity index (χ1n) is 5.91. The van der Waals surface area contributed by atoms with E-state index in [0.717, 1.165) is 10.7 Å². The lowest BCUT2D eigenvalue weighted by Crippen LogP contribution is -2.08. The van der Waals surface area contributed by atoms with Gasteiger partial charge in [0, 0.05) is 24.2 Å². The molecule has 0 aliphatic rings. The number of halogens is 2. The minimum absolute atomic E-state index is 0.348. The molecule has 2 aromatic heterocycles. The molecule has 4 nitrogen and oxygen atoms in total. The summed E-state index contributed by atoms with van der Waals surface area (Å²) in [6, 6.07) is 4.32. The zero-order valence-electron chi connectivity index (χ0n) is 10.6. The number of hydrogen-bond acceptors (Lipinski definition) is 4. The van der Waals surface area contributed by atoms with Crippen molar-refractivity contribution in [2.24, 2.45) is 0 Å². The Hall–Kier alpha value is -1.44. The molecule has 0 bridgehead atoms. The van der Waals surface area contributed by atoms with E-state index >= 15 is 0 Å². The van der Waals surface area contributed by atoms with Crippen molar-refractivity contribution in [2.45, 2.75) is 6.54 Å². The molecule has 104 valence electrons. The van der Waals surface area contributed by atoms with E-state index in [1.54, 1.807) is 6.07 Å². The zero-order valence-corrected chi connectivity index (χ0v) is 13.0. The maximum atomic E-state index is 13.3. The second kappa shape index (κ2) is 5.51. The average molecular weight is 356 g/mol. The topological polar surface area (TPSA) is 38.6 Å². The minimum atomic E-state index is -0.348. The molecule has 0 aliphatic heterocycles. The maximum Gasteiger partial charge on any atom is 0.243 e. The number of fused-ring (bicyclic) bond motifs is 1. The van der Waals surface area contributed by atoms with Gasteiger partial charge in [-0.25, -0.2) is 4.39 Å². The molecule has 0 saturated carbocycles. The summed E-state index contributed by atoms with van der Waals surface area (Å²) in [4.78, 5) is 5.28. The van der Waals surface area contributed by atoms with E-state index in [9.17, 15) is 4.39 Å². The number of benzene rings is 1. The van der Waals surface area contributed by atoms with Crippen molar-refractivity contribution in [2.75, 3.05) is 7.05 Å². The summed E-state index contributed by atoms with van der Waals surface area (Å²) >= 11 is 4.87. The minimum Gasteiger partial charge on any atom is -0.436 e. The lowest BCUT2D eigenvalue weighted by atomic mass is 10.3. The van der Waals surface area contributed by atoms with E-state index in [2.05, 4.69) is 26.2 Å². The highest BCUT2D eigenvalue weighted by atomic mass is 79.9. The Labute approximate surface area is 127 Å². The molecule has 0 amide bonds. The third-order valence-corrected chi connectivity index (χ3v) is 4.18. The van der Waals surface area contributed by atoms with Crippen LogP contribution in [0.3, 0.4) is 0 Å². The van der Waals surface area contributed by atoms with Crippen molar-refractivity contribution >= 4 is 32.2 Å². The first-order valence-corrected chi connectivity index (χ1v) is 7.58. The molecule has 1 N–H and O–H groups in total. The number of ether oxygens (including phenoxy) is 1. The molecule has 3 aromatic rings. The van der Waals surface area contributed by atoms with Crippen LogP contribution in [0.4, 0.5) is 4.39 Å². The van der Waals surface area contributed by atoms with Crippen molar-refractivity contribution in [3.8, 4) is 11.6 Å². The fourth-order valence-corrected chi connectivity index (χ4v) is 2.93. The van der Waals surface area contributed by atoms with Gasteiger partial charge in [-0.1, -0.05) is 0 Å². The zero-order chi connectivity index (χ0) is 14.1. The summed E-state index contributed by atoms with van der Waals surface area (Å²) in [6.07, 6.45) is 1.94. The molecule has 20 heavy (non-hydrogen) atoms. The summed E-state index contributed by atoms with van der Waals surface area (Å²) in [5, 5.41) is 5.04. The van der Waals surface area contributed by atoms with Crippen LogP contribution in [0.15, 0.2) is 34.2 Å². The first kappa shape index (κ1) is 13.5. The van der Waals surface area contributed by atoms with Crippen LogP contribution in [0.1, 0.15) is 5.69 Å². The Balaban J connectivity index is 2.03. The van der Waals surface area contributed by atoms with Crippen LogP contribution in [-0.2, 0) is 6.54 Å². The van der Waals surface area contributed by atoms with Crippen molar-refractivity contribution in [1.82, 2.24) is 14.7 Å². The van der Waals surface area contributed by atoms with E-state index in [4.69, 9.17) is 4.74 Å². The first-order chi connectivity index (χ1) is 9.69. The van der Waals surface area contributed by atoms with Crippen molar-refractivity contribution in [1.29, 1.82) is 0 Å². The monoisotopic (exact) mass is 355 g/mol. The van der Waals surface area contributed by atoms with Crippen LogP contribution in [0, 0.1) is 5.82 Å². The van der Waals surface area contributed by atoms with E-state index in [0.29, 0.717) is 22.6 Å². The Morgan fingerprint density at radius 2 is 2.35 bits per heavy atom. The molecule has 0 fully saturated rings. The second-order valence-electron chi connectivity index (χ2n) is 4.13. The van der Waals surface area contributed by atoms with Gasteiger partial charge in [-0.05, 0) is 35.1 Å². The molecule has 7 heteroatoms. The maximum absolute atomic E-state index is 13.3. The fraction of sp³-hybridized carbons (Fsp3) is 0.154. The lowest BCUT2D eigenvalue weighted by molar-refractivity contribution is 0.450. The Bertz CT molecular complexity index is 755. The molecule has 0 radical (unpaired) electrons. The molecule has 0 saturated heterocycles. The van der Waals surface area contributed by atoms with Crippen molar-refractivity contribution < 1.29 is 9.13 Å². The van der Waals surface area contributed by atoms with Crippen LogP contribution in [-0.4, -0.2) is 16.4 Å². The van der Waals surface area contributed by atoms with Crippen LogP contribution < -0.4 is 10.1 Å². The van der Waals surface area contributed by atoms with Crippen molar-refractivity contribution in [3.63, 3.8) is 0 Å². The number of nitrogens with one attached hydrogen (secondary N) is 1. The van der Waals surface area contributed by atoms with Gasteiger partial charge in [0.1, 0.15) is 17.3 Å². The summed E-state index contributed by atoms with van der Waals surface area (Å²) in [7, 11) is 1.85. The van der Waals surface area contributed by atoms with Gasteiger partial charge in [0.05, 0.1) is 4.47 Å². The average Bonchev–Trinajstić information content (AvgIpc) is 2.98. The molecular formula is C13H11BrFN3OS. The second-order valence-corrected chi connectivity index (χ2v) is 5.85. The predicted molar refractivity (Wildman–Crippen MR) is 80.0 cm³/mol. The van der Waals surface area contributed by atoms with Crippen LogP contribution in [0.2, 0.25) is 0 Å². The van der Waals surface area contributed by atoms with Crippen LogP contribution >= 0.6 is 27.3 Å². The SMILES string of the molecule is CNCc1c(Oc2cc(F)ccc2Br)nc2sccn12. The van der Waals surface area contributed by atoms with Crippen LogP contribution in [0.25, 0.3) is 4.96 Å². The summed E-state index contributed by atoms with van der Waals surface area (Å²) in [5.41, 5.74) is 0.903. The van der Waals surface area contributed by atoms with Gasteiger partial charge in [-0.3, -0.25) is 4.40 Å². The van der Waals surface area contributed by atoms with Gasteiger partial charge in [-0.2, -0.15) is 4.98 Å². The third-order valence-electron chi connectivity index (χ3n) is 2.77. The number of nitrogens with zero attached hydrogens (tertiary/aromatic N) is 2. The Morgan fingerprint density at radius 3 is 3.15 bits per heavy atom. The normalized spacial score (nSPS) is 11.2. The number of aromatic nitrogens is 2. The highest BCUT2D eigenvalue weighted by molar-refractivity contribution is 9.10. The van der Waals surface area contributed by atoms with E-state index in [1.165, 1.54) is 23.5 Å². The summed E-state index contributed by atoms with van der Waals surface area (Å²) in [5.74, 6) is 0.546. The number of rotatable bonds is 4. The molecule has 0 spiro atoms. The summed E-state index contributed by atoms with van der Waals surface area (Å²) in [6.45, 7) is 0.611. The number of thiazole rings is 1.